The van der Waals surface area contributed by atoms with Crippen molar-refractivity contribution in [2.75, 3.05) is 26.9 Å². The van der Waals surface area contributed by atoms with Crippen LogP contribution in [0, 0.1) is 13.8 Å². The minimum absolute atomic E-state index is 0.241. The Balaban J connectivity index is 1.52. The van der Waals surface area contributed by atoms with Crippen LogP contribution in [0.5, 0.6) is 11.5 Å². The van der Waals surface area contributed by atoms with Crippen LogP contribution < -0.4 is 9.47 Å². The van der Waals surface area contributed by atoms with E-state index in [-0.39, 0.29) is 5.69 Å². The fourth-order valence-electron chi connectivity index (χ4n) is 4.39. The van der Waals surface area contributed by atoms with Crippen LogP contribution >= 0.6 is 0 Å². The molecule has 0 saturated heterocycles. The summed E-state index contributed by atoms with van der Waals surface area (Å²) < 4.78 is 16.8. The number of rotatable bonds is 11. The molecule has 0 saturated carbocycles. The predicted molar refractivity (Wildman–Crippen MR) is 138 cm³/mol. The number of carboxylic acids is 1. The summed E-state index contributed by atoms with van der Waals surface area (Å²) in [5.74, 6) is 0.580. The minimum Gasteiger partial charge on any atom is -0.493 e. The molecule has 0 spiro atoms. The van der Waals surface area contributed by atoms with Crippen molar-refractivity contribution in [2.45, 2.75) is 26.7 Å². The van der Waals surface area contributed by atoms with Crippen molar-refractivity contribution in [2.24, 2.45) is 0 Å². The standard InChI is InChI=1S/C29H31NO5/c1-19-9-4-5-10-21(19)22-11-6-12-23-24(28(29(31)32)30-27(22)23)13-8-16-34-25-14-7-15-26(20(25)2)35-18-17-33-3/h4-7,9-12,14-15,30H,8,13,16-18H2,1-3H3,(H,31,32). The molecule has 0 amide bonds. The molecule has 1 heterocycles. The zero-order valence-electron chi connectivity index (χ0n) is 20.4. The SMILES string of the molecule is COCCOc1cccc(OCCCc2c(C(=O)O)[nH]c3c(-c4ccccc4C)cccc23)c1C. The summed E-state index contributed by atoms with van der Waals surface area (Å²) >= 11 is 0. The van der Waals surface area contributed by atoms with Gasteiger partial charge in [-0.3, -0.25) is 0 Å². The summed E-state index contributed by atoms with van der Waals surface area (Å²) in [5.41, 5.74) is 6.08. The van der Waals surface area contributed by atoms with E-state index in [2.05, 4.69) is 24.0 Å². The Morgan fingerprint density at radius 3 is 2.26 bits per heavy atom. The lowest BCUT2D eigenvalue weighted by Crippen LogP contribution is -2.07. The molecule has 0 atom stereocenters. The molecule has 1 aromatic heterocycles. The summed E-state index contributed by atoms with van der Waals surface area (Å²) in [4.78, 5) is 15.3. The van der Waals surface area contributed by atoms with Gasteiger partial charge < -0.3 is 24.3 Å². The van der Waals surface area contributed by atoms with Crippen LogP contribution in [-0.4, -0.2) is 43.0 Å². The van der Waals surface area contributed by atoms with Crippen molar-refractivity contribution >= 4 is 16.9 Å². The molecular formula is C29H31NO5. The maximum Gasteiger partial charge on any atom is 0.352 e. The third kappa shape index (κ3) is 5.33. The zero-order valence-corrected chi connectivity index (χ0v) is 20.4. The Morgan fingerprint density at radius 1 is 0.857 bits per heavy atom. The Bertz CT molecular complexity index is 1320. The number of aryl methyl sites for hydroxylation is 2. The molecule has 0 unspecified atom stereocenters. The first-order chi connectivity index (χ1) is 17.0. The lowest BCUT2D eigenvalue weighted by Gasteiger charge is -2.13. The predicted octanol–water partition coefficient (Wildman–Crippen LogP) is 6.19. The molecule has 4 aromatic rings. The van der Waals surface area contributed by atoms with E-state index >= 15 is 0 Å². The second kappa shape index (κ2) is 11.1. The maximum absolute atomic E-state index is 12.1. The van der Waals surface area contributed by atoms with E-state index < -0.39 is 5.97 Å². The number of carbonyl (C=O) groups is 1. The van der Waals surface area contributed by atoms with Crippen LogP contribution in [0.25, 0.3) is 22.0 Å². The van der Waals surface area contributed by atoms with Crippen LogP contribution in [0.4, 0.5) is 0 Å². The Kier molecular flexibility index (Phi) is 7.73. The fourth-order valence-corrected chi connectivity index (χ4v) is 4.39. The first-order valence-corrected chi connectivity index (χ1v) is 11.8. The van der Waals surface area contributed by atoms with Gasteiger partial charge >= 0.3 is 5.97 Å². The van der Waals surface area contributed by atoms with Crippen molar-refractivity contribution in [1.82, 2.24) is 4.98 Å². The molecular weight excluding hydrogens is 442 g/mol. The van der Waals surface area contributed by atoms with Crippen LogP contribution in [0.1, 0.15) is 33.6 Å². The van der Waals surface area contributed by atoms with Gasteiger partial charge in [-0.1, -0.05) is 48.5 Å². The second-order valence-corrected chi connectivity index (χ2v) is 8.50. The van der Waals surface area contributed by atoms with Gasteiger partial charge in [0.25, 0.3) is 0 Å². The van der Waals surface area contributed by atoms with Crippen molar-refractivity contribution in [3.63, 3.8) is 0 Å². The van der Waals surface area contributed by atoms with E-state index in [9.17, 15) is 9.90 Å². The van der Waals surface area contributed by atoms with Crippen molar-refractivity contribution in [1.29, 1.82) is 0 Å². The molecule has 35 heavy (non-hydrogen) atoms. The molecule has 3 aromatic carbocycles. The lowest BCUT2D eigenvalue weighted by molar-refractivity contribution is 0.0690. The van der Waals surface area contributed by atoms with E-state index in [0.717, 1.165) is 50.2 Å². The molecule has 0 fully saturated rings. The van der Waals surface area contributed by atoms with E-state index in [1.807, 2.05) is 55.5 Å². The molecule has 2 N–H and O–H groups in total. The quantitative estimate of drug-likeness (QED) is 0.254. The number of nitrogens with one attached hydrogen (secondary N) is 1. The van der Waals surface area contributed by atoms with Gasteiger partial charge in [0.05, 0.1) is 18.7 Å². The maximum atomic E-state index is 12.1. The number of aromatic nitrogens is 1. The molecule has 4 rings (SSSR count). The number of hydrogen-bond acceptors (Lipinski definition) is 4. The van der Waals surface area contributed by atoms with Crippen molar-refractivity contribution in [3.05, 3.63) is 83.0 Å². The van der Waals surface area contributed by atoms with Gasteiger partial charge in [-0.2, -0.15) is 0 Å². The van der Waals surface area contributed by atoms with Crippen LogP contribution in [0.3, 0.4) is 0 Å². The highest BCUT2D eigenvalue weighted by Gasteiger charge is 2.19. The zero-order chi connectivity index (χ0) is 24.8. The Labute approximate surface area is 205 Å². The normalized spacial score (nSPS) is 11.1. The second-order valence-electron chi connectivity index (χ2n) is 8.50. The van der Waals surface area contributed by atoms with Crippen LogP contribution in [0.2, 0.25) is 0 Å². The number of fused-ring (bicyclic) bond motifs is 1. The monoisotopic (exact) mass is 473 g/mol. The van der Waals surface area contributed by atoms with Gasteiger partial charge in [-0.15, -0.1) is 0 Å². The third-order valence-electron chi connectivity index (χ3n) is 6.20. The topological polar surface area (TPSA) is 80.8 Å². The molecule has 182 valence electrons. The highest BCUT2D eigenvalue weighted by atomic mass is 16.5. The van der Waals surface area contributed by atoms with E-state index in [1.165, 1.54) is 0 Å². The summed E-state index contributed by atoms with van der Waals surface area (Å²) in [6, 6.07) is 19.9. The molecule has 6 nitrogen and oxygen atoms in total. The number of aromatic carboxylic acids is 1. The summed E-state index contributed by atoms with van der Waals surface area (Å²) in [5, 5.41) is 10.8. The van der Waals surface area contributed by atoms with Gasteiger partial charge in [-0.25, -0.2) is 4.79 Å². The number of carboxylic acid groups (broad SMARTS) is 1. The minimum atomic E-state index is -0.954. The highest BCUT2D eigenvalue weighted by molar-refractivity contribution is 6.03. The fraction of sp³-hybridized carbons (Fsp3) is 0.276. The number of hydrogen-bond donors (Lipinski definition) is 2. The van der Waals surface area contributed by atoms with E-state index in [1.54, 1.807) is 7.11 Å². The Hall–Kier alpha value is -3.77. The summed E-state index contributed by atoms with van der Waals surface area (Å²) in [6.45, 7) is 5.49. The Morgan fingerprint density at radius 2 is 1.54 bits per heavy atom. The highest BCUT2D eigenvalue weighted by Crippen LogP contribution is 2.34. The number of methoxy groups -OCH3 is 1. The van der Waals surface area contributed by atoms with E-state index in [4.69, 9.17) is 14.2 Å². The first-order valence-electron chi connectivity index (χ1n) is 11.8. The third-order valence-corrected chi connectivity index (χ3v) is 6.20. The average Bonchev–Trinajstić information content (AvgIpc) is 3.23. The molecule has 6 heteroatoms. The average molecular weight is 474 g/mol. The molecule has 0 aliphatic heterocycles. The van der Waals surface area contributed by atoms with Crippen LogP contribution in [0.15, 0.2) is 60.7 Å². The van der Waals surface area contributed by atoms with Gasteiger partial charge in [0.2, 0.25) is 0 Å². The summed E-state index contributed by atoms with van der Waals surface area (Å²) in [6.07, 6.45) is 1.26. The van der Waals surface area contributed by atoms with Crippen molar-refractivity contribution in [3.8, 4) is 22.6 Å². The molecule has 0 aliphatic carbocycles. The molecule has 0 radical (unpaired) electrons. The van der Waals surface area contributed by atoms with Crippen molar-refractivity contribution < 1.29 is 24.1 Å². The smallest absolute Gasteiger partial charge is 0.352 e. The van der Waals surface area contributed by atoms with Gasteiger partial charge in [0, 0.05) is 23.6 Å². The largest absolute Gasteiger partial charge is 0.493 e. The first kappa shape index (κ1) is 24.4. The molecule has 0 aliphatic rings. The molecule has 0 bridgehead atoms. The number of para-hydroxylation sites is 1. The number of ether oxygens (including phenoxy) is 3. The number of H-pyrrole nitrogens is 1. The van der Waals surface area contributed by atoms with E-state index in [0.29, 0.717) is 32.7 Å². The number of benzene rings is 3. The summed E-state index contributed by atoms with van der Waals surface area (Å²) in [7, 11) is 1.64. The lowest BCUT2D eigenvalue weighted by atomic mass is 9.97. The van der Waals surface area contributed by atoms with Gasteiger partial charge in [0.1, 0.15) is 23.8 Å². The van der Waals surface area contributed by atoms with Crippen LogP contribution in [-0.2, 0) is 11.2 Å². The number of aromatic amines is 1. The van der Waals surface area contributed by atoms with Gasteiger partial charge in [0.15, 0.2) is 0 Å². The van der Waals surface area contributed by atoms with Gasteiger partial charge in [-0.05, 0) is 55.5 Å².